The Balaban J connectivity index is 2.62. The number of nitrogen functional groups attached to an aromatic ring is 1. The summed E-state index contributed by atoms with van der Waals surface area (Å²) < 4.78 is 0. The number of nitrogens with zero attached hydrogens (tertiary/aromatic N) is 2. The second-order valence-corrected chi connectivity index (χ2v) is 5.38. The molecule has 0 saturated heterocycles. The molecule has 0 spiro atoms. The summed E-state index contributed by atoms with van der Waals surface area (Å²) in [5.41, 5.74) is 2.06. The van der Waals surface area contributed by atoms with Crippen LogP contribution in [0.1, 0.15) is 38.2 Å². The van der Waals surface area contributed by atoms with Crippen LogP contribution in [0.3, 0.4) is 0 Å². The summed E-state index contributed by atoms with van der Waals surface area (Å²) in [5.74, 6) is 4.76. The third-order valence-corrected chi connectivity index (χ3v) is 2.28. The summed E-state index contributed by atoms with van der Waals surface area (Å²) in [5, 5.41) is 12.7. The van der Waals surface area contributed by atoms with Gasteiger partial charge >= 0.3 is 0 Å². The van der Waals surface area contributed by atoms with Crippen molar-refractivity contribution in [3.63, 3.8) is 0 Å². The topological polar surface area (TPSA) is 122 Å². The Morgan fingerprint density at radius 3 is 2.35 bits per heavy atom. The molecule has 0 radical (unpaired) electrons. The average Bonchev–Trinajstić information content (AvgIpc) is 2.36. The molecule has 2 amide bonds. The monoisotopic (exact) mass is 280 g/mol. The van der Waals surface area contributed by atoms with E-state index in [0.717, 1.165) is 0 Å². The van der Waals surface area contributed by atoms with Crippen LogP contribution in [0.4, 0.5) is 5.82 Å². The van der Waals surface area contributed by atoms with E-state index in [0.29, 0.717) is 5.82 Å². The molecule has 0 bridgehead atoms. The van der Waals surface area contributed by atoms with Gasteiger partial charge in [-0.05, 0) is 39.8 Å². The van der Waals surface area contributed by atoms with Gasteiger partial charge in [0.2, 0.25) is 5.91 Å². The van der Waals surface area contributed by atoms with E-state index in [4.69, 9.17) is 5.84 Å². The fraction of sp³-hybridized carbons (Fsp3) is 0.500. The first-order valence-corrected chi connectivity index (χ1v) is 6.16. The molecule has 1 unspecified atom stereocenters. The molecule has 0 aromatic carbocycles. The maximum atomic E-state index is 11.9. The van der Waals surface area contributed by atoms with Crippen molar-refractivity contribution >= 4 is 17.6 Å². The van der Waals surface area contributed by atoms with Crippen LogP contribution in [0, 0.1) is 0 Å². The summed E-state index contributed by atoms with van der Waals surface area (Å²) >= 11 is 0. The number of nitrogens with two attached hydrogens (primary N) is 1. The second-order valence-electron chi connectivity index (χ2n) is 5.38. The van der Waals surface area contributed by atoms with Gasteiger partial charge in [0.1, 0.15) is 6.04 Å². The zero-order chi connectivity index (χ0) is 15.3. The van der Waals surface area contributed by atoms with Gasteiger partial charge in [-0.25, -0.2) is 5.84 Å². The van der Waals surface area contributed by atoms with Crippen LogP contribution in [-0.2, 0) is 4.79 Å². The Bertz CT molecular complexity index is 480. The summed E-state index contributed by atoms with van der Waals surface area (Å²) in [4.78, 5) is 23.7. The minimum atomic E-state index is -0.671. The molecule has 20 heavy (non-hydrogen) atoms. The SMILES string of the molecule is CC(NC(=O)c1ccc(NN)nn1)C(=O)NC(C)(C)C. The number of aromatic nitrogens is 2. The van der Waals surface area contributed by atoms with E-state index < -0.39 is 11.9 Å². The van der Waals surface area contributed by atoms with Gasteiger partial charge in [-0.15, -0.1) is 10.2 Å². The maximum absolute atomic E-state index is 11.9. The minimum Gasteiger partial charge on any atom is -0.350 e. The Hall–Kier alpha value is -2.22. The number of hydrazine groups is 1. The molecule has 1 aromatic heterocycles. The highest BCUT2D eigenvalue weighted by molar-refractivity contribution is 5.96. The lowest BCUT2D eigenvalue weighted by Crippen LogP contribution is -2.50. The molecule has 0 aliphatic heterocycles. The number of amides is 2. The molecular formula is C12H20N6O2. The number of hydrogen-bond acceptors (Lipinski definition) is 6. The predicted octanol–water partition coefficient (Wildman–Crippen LogP) is -0.205. The van der Waals surface area contributed by atoms with Crippen LogP contribution < -0.4 is 21.9 Å². The molecule has 5 N–H and O–H groups in total. The van der Waals surface area contributed by atoms with Crippen LogP contribution in [0.2, 0.25) is 0 Å². The average molecular weight is 280 g/mol. The summed E-state index contributed by atoms with van der Waals surface area (Å²) in [6.45, 7) is 7.19. The van der Waals surface area contributed by atoms with Gasteiger partial charge in [-0.1, -0.05) is 0 Å². The predicted molar refractivity (Wildman–Crippen MR) is 74.7 cm³/mol. The van der Waals surface area contributed by atoms with Gasteiger partial charge < -0.3 is 16.1 Å². The Kier molecular flexibility index (Phi) is 4.98. The first-order chi connectivity index (χ1) is 9.23. The fourth-order valence-electron chi connectivity index (χ4n) is 1.34. The number of anilines is 1. The van der Waals surface area contributed by atoms with Crippen molar-refractivity contribution in [3.05, 3.63) is 17.8 Å². The first kappa shape index (κ1) is 15.8. The molecule has 1 heterocycles. The van der Waals surface area contributed by atoms with Gasteiger partial charge in [0.25, 0.3) is 5.91 Å². The number of nitrogens with one attached hydrogen (secondary N) is 3. The third-order valence-electron chi connectivity index (χ3n) is 2.28. The Labute approximate surface area is 117 Å². The Morgan fingerprint density at radius 1 is 1.25 bits per heavy atom. The van der Waals surface area contributed by atoms with Crippen molar-refractivity contribution in [2.45, 2.75) is 39.3 Å². The van der Waals surface area contributed by atoms with Gasteiger partial charge in [-0.2, -0.15) is 0 Å². The van der Waals surface area contributed by atoms with Gasteiger partial charge in [0.15, 0.2) is 11.5 Å². The van der Waals surface area contributed by atoms with E-state index in [9.17, 15) is 9.59 Å². The molecule has 1 atom stereocenters. The van der Waals surface area contributed by atoms with Crippen molar-refractivity contribution < 1.29 is 9.59 Å². The number of carbonyl (C=O) groups is 2. The molecule has 110 valence electrons. The fourth-order valence-corrected chi connectivity index (χ4v) is 1.34. The van der Waals surface area contributed by atoms with Crippen LogP contribution >= 0.6 is 0 Å². The van der Waals surface area contributed by atoms with Crippen LogP contribution in [0.5, 0.6) is 0 Å². The normalized spacial score (nSPS) is 12.4. The molecule has 8 nitrogen and oxygen atoms in total. The number of hydrogen-bond donors (Lipinski definition) is 4. The minimum absolute atomic E-state index is 0.111. The number of carbonyl (C=O) groups excluding carboxylic acids is 2. The highest BCUT2D eigenvalue weighted by Gasteiger charge is 2.21. The van der Waals surface area contributed by atoms with E-state index in [1.165, 1.54) is 12.1 Å². The second kappa shape index (κ2) is 6.29. The van der Waals surface area contributed by atoms with E-state index >= 15 is 0 Å². The number of rotatable bonds is 4. The van der Waals surface area contributed by atoms with Crippen LogP contribution in [0.15, 0.2) is 12.1 Å². The molecule has 8 heteroatoms. The maximum Gasteiger partial charge on any atom is 0.272 e. The third kappa shape index (κ3) is 4.81. The zero-order valence-electron chi connectivity index (χ0n) is 12.0. The van der Waals surface area contributed by atoms with Crippen LogP contribution in [-0.4, -0.2) is 33.6 Å². The first-order valence-electron chi connectivity index (χ1n) is 6.16. The van der Waals surface area contributed by atoms with Crippen LogP contribution in [0.25, 0.3) is 0 Å². The van der Waals surface area contributed by atoms with Crippen molar-refractivity contribution in [2.75, 3.05) is 5.43 Å². The molecular weight excluding hydrogens is 260 g/mol. The van der Waals surface area contributed by atoms with E-state index in [1.54, 1.807) is 6.92 Å². The lowest BCUT2D eigenvalue weighted by molar-refractivity contribution is -0.124. The standard InChI is InChI=1S/C12H20N6O2/c1-7(10(19)15-12(2,3)4)14-11(20)8-5-6-9(16-13)18-17-8/h5-7H,13H2,1-4H3,(H,14,20)(H,15,19)(H,16,18). The highest BCUT2D eigenvalue weighted by atomic mass is 16.2. The smallest absolute Gasteiger partial charge is 0.272 e. The molecule has 0 saturated carbocycles. The molecule has 0 fully saturated rings. The quantitative estimate of drug-likeness (QED) is 0.447. The van der Waals surface area contributed by atoms with E-state index in [2.05, 4.69) is 26.3 Å². The summed E-state index contributed by atoms with van der Waals surface area (Å²) in [6, 6.07) is 2.31. The summed E-state index contributed by atoms with van der Waals surface area (Å²) in [7, 11) is 0. The Morgan fingerprint density at radius 2 is 1.90 bits per heavy atom. The van der Waals surface area contributed by atoms with E-state index in [1.807, 2.05) is 20.8 Å². The zero-order valence-corrected chi connectivity index (χ0v) is 12.0. The molecule has 1 aromatic rings. The lowest BCUT2D eigenvalue weighted by Gasteiger charge is -2.23. The largest absolute Gasteiger partial charge is 0.350 e. The van der Waals surface area contributed by atoms with Gasteiger partial charge in [0.05, 0.1) is 0 Å². The van der Waals surface area contributed by atoms with Crippen molar-refractivity contribution in [2.24, 2.45) is 5.84 Å². The van der Waals surface area contributed by atoms with Crippen molar-refractivity contribution in [1.82, 2.24) is 20.8 Å². The molecule has 0 aliphatic rings. The lowest BCUT2D eigenvalue weighted by atomic mass is 10.1. The van der Waals surface area contributed by atoms with E-state index in [-0.39, 0.29) is 17.1 Å². The molecule has 0 aliphatic carbocycles. The van der Waals surface area contributed by atoms with Crippen molar-refractivity contribution in [1.29, 1.82) is 0 Å². The van der Waals surface area contributed by atoms with Gasteiger partial charge in [0, 0.05) is 5.54 Å². The highest BCUT2D eigenvalue weighted by Crippen LogP contribution is 2.02. The van der Waals surface area contributed by atoms with Gasteiger partial charge in [-0.3, -0.25) is 9.59 Å². The molecule has 1 rings (SSSR count). The van der Waals surface area contributed by atoms with Crippen molar-refractivity contribution in [3.8, 4) is 0 Å². The summed E-state index contributed by atoms with van der Waals surface area (Å²) in [6.07, 6.45) is 0.